The average molecular weight is 315 g/mol. The van der Waals surface area contributed by atoms with Crippen molar-refractivity contribution >= 4 is 27.8 Å². The Morgan fingerprint density at radius 3 is 2.32 bits per heavy atom. The largest absolute Gasteiger partial charge is 0.289 e. The van der Waals surface area contributed by atoms with E-state index in [2.05, 4.69) is 29.1 Å². The van der Waals surface area contributed by atoms with Crippen molar-refractivity contribution < 1.29 is 4.79 Å². The molecule has 19 heavy (non-hydrogen) atoms. The lowest BCUT2D eigenvalue weighted by atomic mass is 9.86. The first-order valence-corrected chi connectivity index (χ1v) is 6.94. The van der Waals surface area contributed by atoms with E-state index in [4.69, 9.17) is 0 Å². The third-order valence-corrected chi connectivity index (χ3v) is 3.74. The highest BCUT2D eigenvalue weighted by Gasteiger charge is 2.21. The van der Waals surface area contributed by atoms with E-state index in [1.165, 1.54) is 0 Å². The summed E-state index contributed by atoms with van der Waals surface area (Å²) in [5.74, 6) is 0.0686. The van der Waals surface area contributed by atoms with Gasteiger partial charge in [0.05, 0.1) is 0 Å². The van der Waals surface area contributed by atoms with Gasteiger partial charge in [-0.05, 0) is 42.2 Å². The summed E-state index contributed by atoms with van der Waals surface area (Å²) < 4.78 is 1.03. The zero-order chi connectivity index (χ0) is 13.8. The Morgan fingerprint density at radius 2 is 1.74 bits per heavy atom. The normalized spacial score (nSPS) is 17.7. The van der Waals surface area contributed by atoms with Gasteiger partial charge in [-0.2, -0.15) is 0 Å². The van der Waals surface area contributed by atoms with E-state index >= 15 is 0 Å². The molecule has 1 nitrogen and oxygen atoms in total. The van der Waals surface area contributed by atoms with Crippen LogP contribution in [-0.2, 0) is 4.79 Å². The molecule has 0 aliphatic heterocycles. The minimum absolute atomic E-state index is 0.0686. The first-order chi connectivity index (χ1) is 9.15. The quantitative estimate of drug-likeness (QED) is 0.728. The van der Waals surface area contributed by atoms with Gasteiger partial charge >= 0.3 is 0 Å². The molecule has 0 spiro atoms. The van der Waals surface area contributed by atoms with E-state index in [1.807, 2.05) is 30.3 Å². The highest BCUT2D eigenvalue weighted by molar-refractivity contribution is 9.10. The molecule has 0 radical (unpaired) electrons. The van der Waals surface area contributed by atoms with E-state index in [9.17, 15) is 4.79 Å². The van der Waals surface area contributed by atoms with Crippen molar-refractivity contribution in [2.45, 2.75) is 12.8 Å². The second-order valence-electron chi connectivity index (χ2n) is 4.40. The van der Waals surface area contributed by atoms with Gasteiger partial charge in [0.15, 0.2) is 5.78 Å². The summed E-state index contributed by atoms with van der Waals surface area (Å²) in [5.41, 5.74) is 3.55. The van der Waals surface area contributed by atoms with Crippen molar-refractivity contribution in [2.24, 2.45) is 0 Å². The van der Waals surface area contributed by atoms with Gasteiger partial charge in [-0.3, -0.25) is 4.79 Å². The number of rotatable bonds is 3. The predicted octanol–water partition coefficient (Wildman–Crippen LogP) is 4.86. The standard InChI is InChI=1S/C17H15BrO/c1-3-13-7-8-14(17(19)16(13)4-2)11-12-5-9-15(18)10-6-12/h3-6,9-11H,1-2,7-8H2/b14-11+. The van der Waals surface area contributed by atoms with Crippen LogP contribution in [0.1, 0.15) is 18.4 Å². The van der Waals surface area contributed by atoms with Crippen molar-refractivity contribution in [3.8, 4) is 0 Å². The molecule has 1 aliphatic carbocycles. The molecule has 1 aliphatic rings. The molecule has 0 fully saturated rings. The number of hydrogen-bond donors (Lipinski definition) is 0. The monoisotopic (exact) mass is 314 g/mol. The summed E-state index contributed by atoms with van der Waals surface area (Å²) in [5, 5.41) is 0. The van der Waals surface area contributed by atoms with Crippen LogP contribution in [0.4, 0.5) is 0 Å². The topological polar surface area (TPSA) is 17.1 Å². The zero-order valence-corrected chi connectivity index (χ0v) is 12.2. The van der Waals surface area contributed by atoms with Gasteiger partial charge in [0.25, 0.3) is 0 Å². The molecule has 0 saturated carbocycles. The molecule has 1 aromatic carbocycles. The van der Waals surface area contributed by atoms with Crippen LogP contribution >= 0.6 is 15.9 Å². The smallest absolute Gasteiger partial charge is 0.189 e. The number of Topliss-reactive ketones (excluding diaryl/α,β-unsaturated/α-hetero) is 1. The number of ketones is 1. The molecular formula is C17H15BrO. The fraction of sp³-hybridized carbons (Fsp3) is 0.118. The maximum atomic E-state index is 12.3. The van der Waals surface area contributed by atoms with Gasteiger partial charge in [-0.1, -0.05) is 53.4 Å². The van der Waals surface area contributed by atoms with E-state index in [0.29, 0.717) is 5.57 Å². The average Bonchev–Trinajstić information content (AvgIpc) is 2.43. The second kappa shape index (κ2) is 5.98. The summed E-state index contributed by atoms with van der Waals surface area (Å²) in [7, 11) is 0. The second-order valence-corrected chi connectivity index (χ2v) is 5.31. The van der Waals surface area contributed by atoms with Crippen molar-refractivity contribution in [1.82, 2.24) is 0 Å². The summed E-state index contributed by atoms with van der Waals surface area (Å²) in [6, 6.07) is 7.92. The van der Waals surface area contributed by atoms with E-state index < -0.39 is 0 Å². The van der Waals surface area contributed by atoms with E-state index in [1.54, 1.807) is 12.2 Å². The lowest BCUT2D eigenvalue weighted by molar-refractivity contribution is -0.112. The van der Waals surface area contributed by atoms with Crippen molar-refractivity contribution in [3.63, 3.8) is 0 Å². The number of carbonyl (C=O) groups excluding carboxylic acids is 1. The van der Waals surface area contributed by atoms with Gasteiger partial charge in [0, 0.05) is 15.6 Å². The van der Waals surface area contributed by atoms with Gasteiger partial charge < -0.3 is 0 Å². The van der Waals surface area contributed by atoms with Crippen molar-refractivity contribution in [3.05, 3.63) is 76.3 Å². The molecule has 0 bridgehead atoms. The SMILES string of the molecule is C=CC1=C(C=C)C(=O)/C(=C/c2ccc(Br)cc2)CC1. The van der Waals surface area contributed by atoms with Gasteiger partial charge in [0.2, 0.25) is 0 Å². The van der Waals surface area contributed by atoms with Crippen LogP contribution in [0.2, 0.25) is 0 Å². The van der Waals surface area contributed by atoms with E-state index in [-0.39, 0.29) is 5.78 Å². The van der Waals surface area contributed by atoms with Gasteiger partial charge in [-0.15, -0.1) is 0 Å². The molecule has 0 aromatic heterocycles. The third-order valence-electron chi connectivity index (χ3n) is 3.21. The molecule has 0 saturated heterocycles. The molecule has 0 heterocycles. The fourth-order valence-electron chi connectivity index (χ4n) is 2.17. The molecule has 2 rings (SSSR count). The van der Waals surface area contributed by atoms with Gasteiger partial charge in [0.1, 0.15) is 0 Å². The molecule has 0 atom stereocenters. The van der Waals surface area contributed by atoms with Crippen LogP contribution in [0, 0.1) is 0 Å². The molecule has 0 amide bonds. The molecular weight excluding hydrogens is 300 g/mol. The maximum Gasteiger partial charge on any atom is 0.189 e. The number of hydrogen-bond acceptors (Lipinski definition) is 1. The summed E-state index contributed by atoms with van der Waals surface area (Å²) in [4.78, 5) is 12.3. The van der Waals surface area contributed by atoms with Gasteiger partial charge in [-0.25, -0.2) is 0 Å². The first kappa shape index (κ1) is 13.8. The maximum absolute atomic E-state index is 12.3. The van der Waals surface area contributed by atoms with Crippen molar-refractivity contribution in [2.75, 3.05) is 0 Å². The summed E-state index contributed by atoms with van der Waals surface area (Å²) >= 11 is 3.40. The number of benzene rings is 1. The summed E-state index contributed by atoms with van der Waals surface area (Å²) in [6.45, 7) is 7.48. The fourth-order valence-corrected chi connectivity index (χ4v) is 2.43. The van der Waals surface area contributed by atoms with Crippen molar-refractivity contribution in [1.29, 1.82) is 0 Å². The Hall–Kier alpha value is -1.67. The molecule has 2 heteroatoms. The third kappa shape index (κ3) is 3.02. The van der Waals surface area contributed by atoms with Crippen LogP contribution in [0.3, 0.4) is 0 Å². The number of allylic oxidation sites excluding steroid dienone is 5. The molecule has 1 aromatic rings. The molecule has 0 unspecified atom stereocenters. The Kier molecular flexibility index (Phi) is 4.33. The summed E-state index contributed by atoms with van der Waals surface area (Å²) in [6.07, 6.45) is 6.95. The van der Waals surface area contributed by atoms with Crippen LogP contribution in [0.15, 0.2) is 70.8 Å². The highest BCUT2D eigenvalue weighted by atomic mass is 79.9. The number of carbonyl (C=O) groups is 1. The van der Waals surface area contributed by atoms with Crippen LogP contribution in [0.25, 0.3) is 6.08 Å². The Labute approximate surface area is 122 Å². The minimum Gasteiger partial charge on any atom is -0.289 e. The highest BCUT2D eigenvalue weighted by Crippen LogP contribution is 2.28. The Bertz CT molecular complexity index is 588. The molecule has 0 N–H and O–H groups in total. The van der Waals surface area contributed by atoms with E-state index in [0.717, 1.165) is 34.0 Å². The lowest BCUT2D eigenvalue weighted by Crippen LogP contribution is -2.12. The molecule has 96 valence electrons. The number of halogens is 1. The van der Waals surface area contributed by atoms with Crippen LogP contribution in [0.5, 0.6) is 0 Å². The minimum atomic E-state index is 0.0686. The zero-order valence-electron chi connectivity index (χ0n) is 10.7. The lowest BCUT2D eigenvalue weighted by Gasteiger charge is -2.17. The van der Waals surface area contributed by atoms with Crippen LogP contribution < -0.4 is 0 Å². The van der Waals surface area contributed by atoms with Crippen LogP contribution in [-0.4, -0.2) is 5.78 Å². The predicted molar refractivity (Wildman–Crippen MR) is 83.8 cm³/mol. The Morgan fingerprint density at radius 1 is 1.05 bits per heavy atom. The first-order valence-electron chi connectivity index (χ1n) is 6.14. The Balaban J connectivity index is 2.35.